The van der Waals surface area contributed by atoms with Gasteiger partial charge >= 0.3 is 12.1 Å². The van der Waals surface area contributed by atoms with E-state index in [1.54, 1.807) is 12.1 Å². The number of phenols is 1. The predicted molar refractivity (Wildman–Crippen MR) is 119 cm³/mol. The van der Waals surface area contributed by atoms with E-state index in [0.717, 1.165) is 5.56 Å². The summed E-state index contributed by atoms with van der Waals surface area (Å²) in [7, 11) is 1.26. The van der Waals surface area contributed by atoms with Crippen LogP contribution in [0.1, 0.15) is 31.4 Å². The van der Waals surface area contributed by atoms with Gasteiger partial charge in [0.2, 0.25) is 5.91 Å². The van der Waals surface area contributed by atoms with Gasteiger partial charge in [-0.2, -0.15) is 0 Å². The van der Waals surface area contributed by atoms with Gasteiger partial charge in [0.25, 0.3) is 0 Å². The molecule has 0 aliphatic rings. The van der Waals surface area contributed by atoms with Crippen LogP contribution >= 0.6 is 0 Å². The smallest absolute Gasteiger partial charge is 0.408 e. The van der Waals surface area contributed by atoms with Crippen molar-refractivity contribution in [2.75, 3.05) is 7.11 Å². The second-order valence-electron chi connectivity index (χ2n) is 7.52. The Morgan fingerprint density at radius 3 is 2.22 bits per heavy atom. The molecule has 0 radical (unpaired) electrons. The van der Waals surface area contributed by atoms with Crippen LogP contribution in [0.4, 0.5) is 4.79 Å². The molecule has 3 N–H and O–H groups in total. The number of methoxy groups -OCH3 is 1. The van der Waals surface area contributed by atoms with E-state index >= 15 is 0 Å². The van der Waals surface area contributed by atoms with Crippen molar-refractivity contribution in [1.82, 2.24) is 10.6 Å². The zero-order chi connectivity index (χ0) is 23.5. The summed E-state index contributed by atoms with van der Waals surface area (Å²) in [6.45, 7) is 3.79. The summed E-state index contributed by atoms with van der Waals surface area (Å²) in [5.74, 6) is -1.16. The Hall–Kier alpha value is -3.55. The van der Waals surface area contributed by atoms with Crippen molar-refractivity contribution in [3.63, 3.8) is 0 Å². The van der Waals surface area contributed by atoms with Gasteiger partial charge in [0.05, 0.1) is 7.11 Å². The highest BCUT2D eigenvalue weighted by atomic mass is 16.5. The molecule has 2 aromatic rings. The van der Waals surface area contributed by atoms with Crippen molar-refractivity contribution in [2.24, 2.45) is 5.92 Å². The number of carbonyl (C=O) groups is 3. The van der Waals surface area contributed by atoms with Crippen LogP contribution in [0.2, 0.25) is 0 Å². The molecule has 0 bridgehead atoms. The lowest BCUT2D eigenvalue weighted by atomic mass is 9.98. The first-order chi connectivity index (χ1) is 15.3. The SMILES string of the molecule is CCC(C)C(NC(=O)C(Cc1ccc(O)cc1)NC(=O)OCc1ccccc1)C(=O)OC. The number of nitrogens with one attached hydrogen (secondary N) is 2. The molecule has 0 spiro atoms. The molecule has 172 valence electrons. The summed E-state index contributed by atoms with van der Waals surface area (Å²) in [5.41, 5.74) is 1.52. The van der Waals surface area contributed by atoms with Crippen molar-refractivity contribution in [3.05, 3.63) is 65.7 Å². The lowest BCUT2D eigenvalue weighted by Crippen LogP contribution is -2.54. The van der Waals surface area contributed by atoms with Crippen molar-refractivity contribution in [2.45, 2.75) is 45.4 Å². The molecular formula is C24H30N2O6. The molecule has 3 unspecified atom stereocenters. The van der Waals surface area contributed by atoms with E-state index in [2.05, 4.69) is 10.6 Å². The van der Waals surface area contributed by atoms with E-state index in [1.165, 1.54) is 19.2 Å². The second-order valence-corrected chi connectivity index (χ2v) is 7.52. The third-order valence-corrected chi connectivity index (χ3v) is 5.16. The fourth-order valence-corrected chi connectivity index (χ4v) is 3.03. The van der Waals surface area contributed by atoms with E-state index in [1.807, 2.05) is 44.2 Å². The largest absolute Gasteiger partial charge is 0.508 e. The van der Waals surface area contributed by atoms with E-state index in [4.69, 9.17) is 9.47 Å². The van der Waals surface area contributed by atoms with Gasteiger partial charge in [0, 0.05) is 6.42 Å². The van der Waals surface area contributed by atoms with Gasteiger partial charge < -0.3 is 25.2 Å². The first-order valence-corrected chi connectivity index (χ1v) is 10.5. The molecule has 32 heavy (non-hydrogen) atoms. The van der Waals surface area contributed by atoms with E-state index in [0.29, 0.717) is 12.0 Å². The monoisotopic (exact) mass is 442 g/mol. The van der Waals surface area contributed by atoms with Gasteiger partial charge in [-0.15, -0.1) is 0 Å². The minimum atomic E-state index is -1.00. The van der Waals surface area contributed by atoms with Crippen LogP contribution < -0.4 is 10.6 Å². The lowest BCUT2D eigenvalue weighted by molar-refractivity contribution is -0.146. The molecule has 0 saturated carbocycles. The van der Waals surface area contributed by atoms with Crippen molar-refractivity contribution in [1.29, 1.82) is 0 Å². The summed E-state index contributed by atoms with van der Waals surface area (Å²) in [4.78, 5) is 37.6. The molecule has 2 rings (SSSR count). The Bertz CT molecular complexity index is 885. The van der Waals surface area contributed by atoms with Crippen LogP contribution in [0.25, 0.3) is 0 Å². The van der Waals surface area contributed by atoms with Crippen LogP contribution in [0.3, 0.4) is 0 Å². The Morgan fingerprint density at radius 2 is 1.62 bits per heavy atom. The molecule has 0 heterocycles. The summed E-state index contributed by atoms with van der Waals surface area (Å²) in [6.07, 6.45) is 0.0295. The summed E-state index contributed by atoms with van der Waals surface area (Å²) in [6, 6.07) is 13.6. The molecular weight excluding hydrogens is 412 g/mol. The Balaban J connectivity index is 2.12. The molecule has 0 aliphatic carbocycles. The van der Waals surface area contributed by atoms with Gasteiger partial charge in [0.15, 0.2) is 0 Å². The molecule has 2 amide bonds. The average Bonchev–Trinajstić information content (AvgIpc) is 2.81. The maximum absolute atomic E-state index is 13.0. The Morgan fingerprint density at radius 1 is 0.969 bits per heavy atom. The first-order valence-electron chi connectivity index (χ1n) is 10.5. The lowest BCUT2D eigenvalue weighted by Gasteiger charge is -2.25. The zero-order valence-electron chi connectivity index (χ0n) is 18.5. The fraction of sp³-hybridized carbons (Fsp3) is 0.375. The van der Waals surface area contributed by atoms with E-state index in [-0.39, 0.29) is 24.7 Å². The normalized spacial score (nSPS) is 13.3. The average molecular weight is 443 g/mol. The number of amides is 2. The maximum atomic E-state index is 13.0. The van der Waals surface area contributed by atoms with Gasteiger partial charge in [-0.3, -0.25) is 4.79 Å². The van der Waals surface area contributed by atoms with Crippen molar-refractivity contribution < 1.29 is 29.0 Å². The van der Waals surface area contributed by atoms with Crippen LogP contribution in [-0.4, -0.2) is 42.3 Å². The van der Waals surface area contributed by atoms with Crippen LogP contribution in [0.15, 0.2) is 54.6 Å². The number of rotatable bonds is 10. The number of ether oxygens (including phenoxy) is 2. The summed E-state index contributed by atoms with van der Waals surface area (Å²) in [5, 5.41) is 14.8. The predicted octanol–water partition coefficient (Wildman–Crippen LogP) is 2.93. The third kappa shape index (κ3) is 7.61. The number of phenolic OH excluding ortho intramolecular Hbond substituents is 1. The van der Waals surface area contributed by atoms with Crippen molar-refractivity contribution >= 4 is 18.0 Å². The number of hydrogen-bond acceptors (Lipinski definition) is 6. The standard InChI is InChI=1S/C24H30N2O6/c1-4-16(2)21(23(29)31-3)26-22(28)20(14-17-10-12-19(27)13-11-17)25-24(30)32-15-18-8-6-5-7-9-18/h5-13,16,20-21,27H,4,14-15H2,1-3H3,(H,25,30)(H,26,28). The maximum Gasteiger partial charge on any atom is 0.408 e. The molecule has 8 heteroatoms. The highest BCUT2D eigenvalue weighted by molar-refractivity contribution is 5.90. The summed E-state index contributed by atoms with van der Waals surface area (Å²) < 4.78 is 10.1. The number of benzene rings is 2. The van der Waals surface area contributed by atoms with Crippen LogP contribution in [-0.2, 0) is 32.1 Å². The minimum Gasteiger partial charge on any atom is -0.508 e. The Labute approximate surface area is 187 Å². The minimum absolute atomic E-state index is 0.0534. The Kier molecular flexibility index (Phi) is 9.53. The second kappa shape index (κ2) is 12.3. The fourth-order valence-electron chi connectivity index (χ4n) is 3.03. The van der Waals surface area contributed by atoms with Gasteiger partial charge in [-0.1, -0.05) is 62.7 Å². The quantitative estimate of drug-likeness (QED) is 0.488. The van der Waals surface area contributed by atoms with E-state index < -0.39 is 30.1 Å². The molecule has 3 atom stereocenters. The van der Waals surface area contributed by atoms with Gasteiger partial charge in [-0.25, -0.2) is 9.59 Å². The van der Waals surface area contributed by atoms with Crippen LogP contribution in [0.5, 0.6) is 5.75 Å². The summed E-state index contributed by atoms with van der Waals surface area (Å²) >= 11 is 0. The highest BCUT2D eigenvalue weighted by Crippen LogP contribution is 2.13. The topological polar surface area (TPSA) is 114 Å². The first kappa shape index (κ1) is 24.7. The van der Waals surface area contributed by atoms with E-state index in [9.17, 15) is 19.5 Å². The molecule has 2 aromatic carbocycles. The number of aromatic hydroxyl groups is 1. The molecule has 0 aromatic heterocycles. The number of esters is 1. The van der Waals surface area contributed by atoms with Crippen LogP contribution in [0, 0.1) is 5.92 Å². The number of hydrogen-bond donors (Lipinski definition) is 3. The molecule has 0 saturated heterocycles. The molecule has 0 aliphatic heterocycles. The van der Waals surface area contributed by atoms with Gasteiger partial charge in [-0.05, 0) is 29.2 Å². The highest BCUT2D eigenvalue weighted by Gasteiger charge is 2.30. The zero-order valence-corrected chi connectivity index (χ0v) is 18.5. The number of carbonyl (C=O) groups excluding carboxylic acids is 3. The number of alkyl carbamates (subject to hydrolysis) is 1. The molecule has 8 nitrogen and oxygen atoms in total. The van der Waals surface area contributed by atoms with Crippen molar-refractivity contribution in [3.8, 4) is 5.75 Å². The molecule has 0 fully saturated rings. The van der Waals surface area contributed by atoms with Gasteiger partial charge in [0.1, 0.15) is 24.4 Å². The third-order valence-electron chi connectivity index (χ3n) is 5.16.